The van der Waals surface area contributed by atoms with E-state index < -0.39 is 36.5 Å². The van der Waals surface area contributed by atoms with Crippen molar-refractivity contribution in [3.8, 4) is 0 Å². The first kappa shape index (κ1) is 16.4. The minimum absolute atomic E-state index is 0.0430. The van der Waals surface area contributed by atoms with Gasteiger partial charge >= 0.3 is 11.9 Å². The fourth-order valence-electron chi connectivity index (χ4n) is 2.17. The minimum atomic E-state index is -1.24. The molecule has 1 heterocycles. The van der Waals surface area contributed by atoms with E-state index in [-0.39, 0.29) is 6.61 Å². The molecule has 1 aromatic carbocycles. The molecule has 1 N–H and O–H groups in total. The Morgan fingerprint density at radius 3 is 2.50 bits per heavy atom. The van der Waals surface area contributed by atoms with Gasteiger partial charge in [0.05, 0.1) is 12.2 Å². The molecule has 1 aromatic rings. The number of benzene rings is 1. The first-order chi connectivity index (χ1) is 10.5. The van der Waals surface area contributed by atoms with Crippen LogP contribution in [0, 0.1) is 0 Å². The lowest BCUT2D eigenvalue weighted by Crippen LogP contribution is -2.56. The lowest BCUT2D eigenvalue weighted by molar-refractivity contribution is -0.264. The third-order valence-corrected chi connectivity index (χ3v) is 3.21. The molecule has 7 nitrogen and oxygen atoms in total. The molecule has 4 atom stereocenters. The van der Waals surface area contributed by atoms with Crippen molar-refractivity contribution in [1.82, 2.24) is 0 Å². The summed E-state index contributed by atoms with van der Waals surface area (Å²) in [7, 11) is 1.37. The summed E-state index contributed by atoms with van der Waals surface area (Å²) in [6.45, 7) is 1.18. The van der Waals surface area contributed by atoms with Crippen LogP contribution >= 0.6 is 0 Å². The maximum atomic E-state index is 12.1. The van der Waals surface area contributed by atoms with E-state index in [0.717, 1.165) is 0 Å². The molecule has 1 fully saturated rings. The highest BCUT2D eigenvalue weighted by Crippen LogP contribution is 2.22. The van der Waals surface area contributed by atoms with Gasteiger partial charge in [0.15, 0.2) is 18.5 Å². The number of aliphatic hydroxyl groups is 1. The maximum Gasteiger partial charge on any atom is 0.338 e. The molecule has 22 heavy (non-hydrogen) atoms. The summed E-state index contributed by atoms with van der Waals surface area (Å²) in [5.74, 6) is -1.18. The van der Waals surface area contributed by atoms with Crippen LogP contribution in [0.25, 0.3) is 0 Å². The van der Waals surface area contributed by atoms with Crippen molar-refractivity contribution in [3.05, 3.63) is 35.9 Å². The van der Waals surface area contributed by atoms with Gasteiger partial charge in [-0.05, 0) is 12.1 Å². The third kappa shape index (κ3) is 3.82. The molecule has 2 rings (SSSR count). The molecule has 1 saturated heterocycles. The van der Waals surface area contributed by atoms with E-state index in [9.17, 15) is 14.7 Å². The number of aliphatic hydroxyl groups excluding tert-OH is 1. The molecular formula is C15H18O7. The van der Waals surface area contributed by atoms with Gasteiger partial charge in [-0.2, -0.15) is 0 Å². The van der Waals surface area contributed by atoms with E-state index in [1.807, 2.05) is 0 Å². The summed E-state index contributed by atoms with van der Waals surface area (Å²) >= 11 is 0. The Labute approximate surface area is 127 Å². The van der Waals surface area contributed by atoms with Crippen molar-refractivity contribution >= 4 is 11.9 Å². The van der Waals surface area contributed by atoms with Gasteiger partial charge in [0.2, 0.25) is 0 Å². The van der Waals surface area contributed by atoms with Crippen molar-refractivity contribution in [1.29, 1.82) is 0 Å². The molecule has 120 valence electrons. The largest absolute Gasteiger partial charge is 0.457 e. The highest BCUT2D eigenvalue weighted by atomic mass is 16.7. The van der Waals surface area contributed by atoms with Gasteiger partial charge in [-0.25, -0.2) is 4.79 Å². The molecule has 7 heteroatoms. The van der Waals surface area contributed by atoms with E-state index in [1.165, 1.54) is 14.0 Å². The van der Waals surface area contributed by atoms with E-state index in [2.05, 4.69) is 0 Å². The second kappa shape index (κ2) is 7.35. The maximum absolute atomic E-state index is 12.1. The van der Waals surface area contributed by atoms with Crippen molar-refractivity contribution in [3.63, 3.8) is 0 Å². The zero-order chi connectivity index (χ0) is 16.1. The molecule has 0 amide bonds. The molecule has 1 aliphatic rings. The van der Waals surface area contributed by atoms with Crippen molar-refractivity contribution < 1.29 is 33.6 Å². The quantitative estimate of drug-likeness (QED) is 0.810. The van der Waals surface area contributed by atoms with Gasteiger partial charge in [-0.15, -0.1) is 0 Å². The number of ether oxygens (including phenoxy) is 4. The van der Waals surface area contributed by atoms with Gasteiger partial charge in [0.1, 0.15) is 6.10 Å². The summed E-state index contributed by atoms with van der Waals surface area (Å²) in [6.07, 6.45) is -4.20. The van der Waals surface area contributed by atoms with Crippen LogP contribution in [0.5, 0.6) is 0 Å². The van der Waals surface area contributed by atoms with Crippen LogP contribution in [0.1, 0.15) is 17.3 Å². The van der Waals surface area contributed by atoms with Crippen LogP contribution in [0.2, 0.25) is 0 Å². The molecular weight excluding hydrogens is 292 g/mol. The van der Waals surface area contributed by atoms with Crippen LogP contribution in [-0.4, -0.2) is 55.4 Å². The number of carbonyl (C=O) groups is 2. The predicted octanol–water partition coefficient (Wildman–Crippen LogP) is 0.507. The summed E-state index contributed by atoms with van der Waals surface area (Å²) in [5, 5.41) is 10.3. The Bertz CT molecular complexity index is 516. The van der Waals surface area contributed by atoms with E-state index in [1.54, 1.807) is 30.3 Å². The average molecular weight is 310 g/mol. The Morgan fingerprint density at radius 1 is 1.23 bits per heavy atom. The average Bonchev–Trinajstić information content (AvgIpc) is 2.51. The van der Waals surface area contributed by atoms with Gasteiger partial charge in [-0.1, -0.05) is 18.2 Å². The first-order valence-electron chi connectivity index (χ1n) is 6.78. The van der Waals surface area contributed by atoms with E-state index in [0.29, 0.717) is 5.56 Å². The molecule has 0 radical (unpaired) electrons. The number of esters is 2. The fourth-order valence-corrected chi connectivity index (χ4v) is 2.17. The van der Waals surface area contributed by atoms with Crippen LogP contribution < -0.4 is 0 Å². The third-order valence-electron chi connectivity index (χ3n) is 3.21. The molecule has 0 saturated carbocycles. The lowest BCUT2D eigenvalue weighted by Gasteiger charge is -2.38. The predicted molar refractivity (Wildman–Crippen MR) is 74.0 cm³/mol. The molecule has 0 aromatic heterocycles. The first-order valence-corrected chi connectivity index (χ1v) is 6.78. The fraction of sp³-hybridized carbons (Fsp3) is 0.467. The minimum Gasteiger partial charge on any atom is -0.457 e. The van der Waals surface area contributed by atoms with Crippen molar-refractivity contribution in [2.45, 2.75) is 31.5 Å². The van der Waals surface area contributed by atoms with Crippen LogP contribution in [-0.2, 0) is 23.7 Å². The van der Waals surface area contributed by atoms with Gasteiger partial charge < -0.3 is 24.1 Å². The topological polar surface area (TPSA) is 91.3 Å². The van der Waals surface area contributed by atoms with E-state index in [4.69, 9.17) is 18.9 Å². The van der Waals surface area contributed by atoms with Crippen LogP contribution in [0.4, 0.5) is 0 Å². The Morgan fingerprint density at radius 2 is 1.91 bits per heavy atom. The summed E-state index contributed by atoms with van der Waals surface area (Å²) in [5.41, 5.74) is 0.333. The summed E-state index contributed by atoms with van der Waals surface area (Å²) in [6, 6.07) is 8.33. The standard InChI is InChI=1S/C15H18O7/c1-9(16)21-11-8-20-15(19-2)13(12(11)17)22-14(18)10-6-4-3-5-7-10/h3-7,11-13,15,17H,8H2,1-2H3/t11-,12-,13+,15-/m0/s1. The normalized spacial score (nSPS) is 28.0. The van der Waals surface area contributed by atoms with Crippen LogP contribution in [0.3, 0.4) is 0 Å². The van der Waals surface area contributed by atoms with Crippen LogP contribution in [0.15, 0.2) is 30.3 Å². The number of rotatable bonds is 4. The highest BCUT2D eigenvalue weighted by molar-refractivity contribution is 5.89. The molecule has 0 spiro atoms. The number of hydrogen-bond acceptors (Lipinski definition) is 7. The summed E-state index contributed by atoms with van der Waals surface area (Å²) in [4.78, 5) is 23.1. The second-order valence-electron chi connectivity index (χ2n) is 4.81. The Hall–Kier alpha value is -1.96. The van der Waals surface area contributed by atoms with E-state index >= 15 is 0 Å². The second-order valence-corrected chi connectivity index (χ2v) is 4.81. The molecule has 0 aliphatic carbocycles. The monoisotopic (exact) mass is 310 g/mol. The zero-order valence-corrected chi connectivity index (χ0v) is 12.3. The zero-order valence-electron chi connectivity index (χ0n) is 12.3. The molecule has 1 aliphatic heterocycles. The summed E-state index contributed by atoms with van der Waals surface area (Å²) < 4.78 is 20.6. The van der Waals surface area contributed by atoms with Crippen molar-refractivity contribution in [2.24, 2.45) is 0 Å². The Kier molecular flexibility index (Phi) is 5.48. The molecule has 0 unspecified atom stereocenters. The molecule has 0 bridgehead atoms. The number of carbonyl (C=O) groups excluding carboxylic acids is 2. The SMILES string of the molecule is CO[C@H]1OC[C@H](OC(C)=O)[C@H](O)[C@H]1OC(=O)c1ccccc1. The highest BCUT2D eigenvalue weighted by Gasteiger charge is 2.44. The lowest BCUT2D eigenvalue weighted by atomic mass is 10.0. The van der Waals surface area contributed by atoms with Gasteiger partial charge in [0, 0.05) is 14.0 Å². The van der Waals surface area contributed by atoms with Gasteiger partial charge in [-0.3, -0.25) is 4.79 Å². The Balaban J connectivity index is 2.10. The smallest absolute Gasteiger partial charge is 0.338 e. The van der Waals surface area contributed by atoms with Crippen molar-refractivity contribution in [2.75, 3.05) is 13.7 Å². The van der Waals surface area contributed by atoms with Gasteiger partial charge in [0.25, 0.3) is 0 Å². The number of methoxy groups -OCH3 is 1. The number of hydrogen-bond donors (Lipinski definition) is 1.